The van der Waals surface area contributed by atoms with E-state index in [2.05, 4.69) is 60.1 Å². The van der Waals surface area contributed by atoms with Gasteiger partial charge in [0.05, 0.1) is 7.11 Å². The van der Waals surface area contributed by atoms with Gasteiger partial charge in [-0.05, 0) is 137 Å². The van der Waals surface area contributed by atoms with E-state index in [-0.39, 0.29) is 5.97 Å². The zero-order valence-electron chi connectivity index (χ0n) is 25.1. The molecule has 4 aliphatic carbocycles. The summed E-state index contributed by atoms with van der Waals surface area (Å²) < 4.78 is 18.9. The first-order valence-corrected chi connectivity index (χ1v) is 21.8. The fraction of sp³-hybridized carbons (Fsp3) is 0.967. The van der Waals surface area contributed by atoms with Gasteiger partial charge in [-0.1, -0.05) is 20.8 Å². The molecule has 4 nitrogen and oxygen atoms in total. The number of hydrogen-bond donors (Lipinski definition) is 0. The summed E-state index contributed by atoms with van der Waals surface area (Å²) in [6.07, 6.45) is 11.6. The summed E-state index contributed by atoms with van der Waals surface area (Å²) in [4.78, 5) is 12.1. The van der Waals surface area contributed by atoms with Gasteiger partial charge in [0.15, 0.2) is 16.6 Å². The van der Waals surface area contributed by atoms with Crippen molar-refractivity contribution in [1.29, 1.82) is 0 Å². The van der Waals surface area contributed by atoms with Gasteiger partial charge in [-0.3, -0.25) is 4.79 Å². The van der Waals surface area contributed by atoms with Gasteiger partial charge in [-0.15, -0.1) is 0 Å². The predicted molar refractivity (Wildman–Crippen MR) is 153 cm³/mol. The van der Waals surface area contributed by atoms with Crippen LogP contribution in [-0.2, 0) is 18.4 Å². The van der Waals surface area contributed by atoms with Gasteiger partial charge >= 0.3 is 5.97 Å². The molecule has 36 heavy (non-hydrogen) atoms. The minimum Gasteiger partial charge on any atom is -0.469 e. The molecule has 0 saturated heterocycles. The number of carbonyl (C=O) groups excluding carboxylic acids is 1. The highest BCUT2D eigenvalue weighted by Gasteiger charge is 2.63. The van der Waals surface area contributed by atoms with E-state index in [1.165, 1.54) is 58.5 Å². The molecule has 4 fully saturated rings. The zero-order valence-corrected chi connectivity index (χ0v) is 27.1. The van der Waals surface area contributed by atoms with Crippen LogP contribution in [0, 0.1) is 46.3 Å². The van der Waals surface area contributed by atoms with E-state index in [1.54, 1.807) is 0 Å². The van der Waals surface area contributed by atoms with Crippen molar-refractivity contribution in [3.05, 3.63) is 0 Å². The van der Waals surface area contributed by atoms with Gasteiger partial charge in [0.2, 0.25) is 0 Å². The molecule has 5 unspecified atom stereocenters. The first-order chi connectivity index (χ1) is 16.6. The molecule has 0 amide bonds. The maximum Gasteiger partial charge on any atom is 0.305 e. The SMILES string of the molecule is COC(=O)C[C@@H](C)C1CCC2C3C(CC[C@@]21C)[C@@]1(C)CC[C@@H](O[Si](C)(C)C)CC1C[C@H]3O[Si](C)(C)C. The third-order valence-corrected chi connectivity index (χ3v) is 13.2. The lowest BCUT2D eigenvalue weighted by Crippen LogP contribution is -2.60. The molecule has 0 N–H and O–H groups in total. The largest absolute Gasteiger partial charge is 0.469 e. The monoisotopic (exact) mass is 536 g/mol. The van der Waals surface area contributed by atoms with Crippen LogP contribution in [0.15, 0.2) is 0 Å². The molecular weight excluding hydrogens is 480 g/mol. The van der Waals surface area contributed by atoms with Crippen LogP contribution in [0.2, 0.25) is 39.3 Å². The Morgan fingerprint density at radius 3 is 2.08 bits per heavy atom. The van der Waals surface area contributed by atoms with Crippen molar-refractivity contribution in [2.45, 2.75) is 130 Å². The van der Waals surface area contributed by atoms with Gasteiger partial charge in [-0.25, -0.2) is 0 Å². The first-order valence-electron chi connectivity index (χ1n) is 15.0. The van der Waals surface area contributed by atoms with Crippen molar-refractivity contribution >= 4 is 22.6 Å². The molecule has 4 rings (SSSR count). The molecule has 0 radical (unpaired) electrons. The third-order valence-electron chi connectivity index (χ3n) is 11.1. The van der Waals surface area contributed by atoms with Crippen LogP contribution in [0.25, 0.3) is 0 Å². The fourth-order valence-corrected chi connectivity index (χ4v) is 12.2. The van der Waals surface area contributed by atoms with E-state index in [0.29, 0.717) is 47.2 Å². The minimum absolute atomic E-state index is 0.0477. The van der Waals surface area contributed by atoms with E-state index >= 15 is 0 Å². The molecule has 0 aromatic carbocycles. The summed E-state index contributed by atoms with van der Waals surface area (Å²) in [5.74, 6) is 3.82. The van der Waals surface area contributed by atoms with Crippen molar-refractivity contribution in [3.63, 3.8) is 0 Å². The Labute approximate surface area is 224 Å². The highest BCUT2D eigenvalue weighted by molar-refractivity contribution is 6.70. The van der Waals surface area contributed by atoms with Crippen LogP contribution in [0.5, 0.6) is 0 Å². The van der Waals surface area contributed by atoms with Crippen LogP contribution < -0.4 is 0 Å². The second kappa shape index (κ2) is 10.1. The number of hydrogen-bond acceptors (Lipinski definition) is 4. The Kier molecular flexibility index (Phi) is 8.08. The van der Waals surface area contributed by atoms with Crippen LogP contribution in [0.1, 0.15) is 78.6 Å². The van der Waals surface area contributed by atoms with Gasteiger partial charge in [0.25, 0.3) is 0 Å². The summed E-state index contributed by atoms with van der Waals surface area (Å²) in [6, 6.07) is 0. The topological polar surface area (TPSA) is 44.8 Å². The molecule has 208 valence electrons. The predicted octanol–water partition coefficient (Wildman–Crippen LogP) is 7.89. The molecule has 0 aliphatic heterocycles. The van der Waals surface area contributed by atoms with Crippen LogP contribution in [0.3, 0.4) is 0 Å². The fourth-order valence-electron chi connectivity index (χ4n) is 9.81. The van der Waals surface area contributed by atoms with Crippen molar-refractivity contribution in [1.82, 2.24) is 0 Å². The third kappa shape index (κ3) is 5.58. The van der Waals surface area contributed by atoms with Gasteiger partial charge < -0.3 is 13.6 Å². The average Bonchev–Trinajstić information content (AvgIpc) is 3.09. The lowest BCUT2D eigenvalue weighted by Gasteiger charge is -2.64. The van der Waals surface area contributed by atoms with Crippen molar-refractivity contribution in [2.24, 2.45) is 46.3 Å². The summed E-state index contributed by atoms with van der Waals surface area (Å²) in [6.45, 7) is 21.7. The first kappa shape index (κ1) is 28.8. The van der Waals surface area contributed by atoms with Gasteiger partial charge in [0, 0.05) is 18.6 Å². The number of methoxy groups -OCH3 is 1. The summed E-state index contributed by atoms with van der Waals surface area (Å²) >= 11 is 0. The lowest BCUT2D eigenvalue weighted by atomic mass is 9.43. The number of carbonyl (C=O) groups is 1. The van der Waals surface area contributed by atoms with Crippen LogP contribution >= 0.6 is 0 Å². The Hall–Kier alpha value is -0.176. The summed E-state index contributed by atoms with van der Waals surface area (Å²) in [7, 11) is -1.68. The van der Waals surface area contributed by atoms with Crippen LogP contribution in [-0.4, -0.2) is 41.9 Å². The summed E-state index contributed by atoms with van der Waals surface area (Å²) in [5.41, 5.74) is 0.733. The van der Waals surface area contributed by atoms with E-state index < -0.39 is 16.6 Å². The molecule has 0 spiro atoms. The highest BCUT2D eigenvalue weighted by atomic mass is 28.4. The second-order valence-corrected chi connectivity index (χ2v) is 24.5. The highest BCUT2D eigenvalue weighted by Crippen LogP contribution is 2.69. The molecule has 0 heterocycles. The quantitative estimate of drug-likeness (QED) is 0.245. The van der Waals surface area contributed by atoms with E-state index in [9.17, 15) is 4.79 Å². The van der Waals surface area contributed by atoms with Crippen LogP contribution in [0.4, 0.5) is 0 Å². The minimum atomic E-state index is -1.68. The molecule has 4 aliphatic rings. The number of esters is 1. The van der Waals surface area contributed by atoms with E-state index in [4.69, 9.17) is 13.6 Å². The lowest BCUT2D eigenvalue weighted by molar-refractivity contribution is -0.169. The molecule has 0 aromatic rings. The van der Waals surface area contributed by atoms with Gasteiger partial charge in [0.1, 0.15) is 0 Å². The van der Waals surface area contributed by atoms with Crippen molar-refractivity contribution in [2.75, 3.05) is 7.11 Å². The normalized spacial score (nSPS) is 43.8. The van der Waals surface area contributed by atoms with E-state index in [1.807, 2.05) is 0 Å². The Bertz CT molecular complexity index is 804. The average molecular weight is 537 g/mol. The van der Waals surface area contributed by atoms with Crippen molar-refractivity contribution in [3.8, 4) is 0 Å². The number of rotatable bonds is 7. The number of ether oxygens (including phenoxy) is 1. The molecule has 4 saturated carbocycles. The molecule has 6 heteroatoms. The Morgan fingerprint density at radius 1 is 0.861 bits per heavy atom. The zero-order chi connectivity index (χ0) is 26.7. The van der Waals surface area contributed by atoms with Crippen molar-refractivity contribution < 1.29 is 18.4 Å². The van der Waals surface area contributed by atoms with Gasteiger partial charge in [-0.2, -0.15) is 0 Å². The Morgan fingerprint density at radius 2 is 1.47 bits per heavy atom. The number of fused-ring (bicyclic) bond motifs is 5. The second-order valence-electron chi connectivity index (χ2n) is 15.6. The summed E-state index contributed by atoms with van der Waals surface area (Å²) in [5, 5.41) is 0. The molecule has 0 aromatic heterocycles. The maximum absolute atomic E-state index is 12.1. The molecule has 0 bridgehead atoms. The Balaban J connectivity index is 1.61. The smallest absolute Gasteiger partial charge is 0.305 e. The maximum atomic E-state index is 12.1. The molecule has 10 atom stereocenters. The standard InChI is InChI=1S/C30H56O4Si2/c1-20(17-27(31)32-4)23-11-12-24-28-25(14-16-30(23,24)3)29(2)15-13-22(33-35(5,6)7)18-21(29)19-26(28)34-36(8,9)10/h20-26,28H,11-19H2,1-10H3/t20-,21?,22-,23?,24?,25?,26-,28?,29+,30-/m1/s1. The van der Waals surface area contributed by atoms with E-state index in [0.717, 1.165) is 17.8 Å². The molecular formula is C30H56O4Si2.